The normalized spacial score (nSPS) is 31.9. The molecule has 0 spiro atoms. The molecule has 0 aromatic rings. The Balaban J connectivity index is 2.30. The van der Waals surface area contributed by atoms with Crippen molar-refractivity contribution in [2.45, 2.75) is 51.1 Å². The van der Waals surface area contributed by atoms with Crippen molar-refractivity contribution in [3.63, 3.8) is 0 Å². The Hall–Kier alpha value is -0.120. The molecule has 14 heavy (non-hydrogen) atoms. The van der Waals surface area contributed by atoms with Crippen LogP contribution in [0.3, 0.4) is 0 Å². The van der Waals surface area contributed by atoms with Gasteiger partial charge in [-0.1, -0.05) is 6.92 Å². The first-order chi connectivity index (χ1) is 6.43. The van der Waals surface area contributed by atoms with E-state index in [1.165, 1.54) is 13.0 Å². The van der Waals surface area contributed by atoms with Gasteiger partial charge >= 0.3 is 0 Å². The van der Waals surface area contributed by atoms with Crippen molar-refractivity contribution in [3.8, 4) is 0 Å². The van der Waals surface area contributed by atoms with Gasteiger partial charge in [0.1, 0.15) is 0 Å². The van der Waals surface area contributed by atoms with Gasteiger partial charge in [-0.3, -0.25) is 4.90 Å². The smallest absolute Gasteiger partial charge is 0.0346 e. The van der Waals surface area contributed by atoms with Gasteiger partial charge in [0.05, 0.1) is 0 Å². The third-order valence-corrected chi connectivity index (χ3v) is 3.35. The maximum absolute atomic E-state index is 5.96. The zero-order valence-electron chi connectivity index (χ0n) is 9.84. The zero-order valence-corrected chi connectivity index (χ0v) is 9.84. The van der Waals surface area contributed by atoms with Gasteiger partial charge in [-0.15, -0.1) is 0 Å². The van der Waals surface area contributed by atoms with Crippen LogP contribution in [0.2, 0.25) is 0 Å². The molecule has 0 aromatic heterocycles. The van der Waals surface area contributed by atoms with Crippen LogP contribution < -0.4 is 11.5 Å². The van der Waals surface area contributed by atoms with E-state index in [-0.39, 0.29) is 5.54 Å². The van der Waals surface area contributed by atoms with E-state index in [4.69, 9.17) is 11.5 Å². The molecule has 1 rings (SSSR count). The maximum atomic E-state index is 5.96. The second kappa shape index (κ2) is 4.17. The van der Waals surface area contributed by atoms with Crippen molar-refractivity contribution >= 4 is 0 Å². The molecule has 2 atom stereocenters. The van der Waals surface area contributed by atoms with Gasteiger partial charge in [0.2, 0.25) is 0 Å². The Morgan fingerprint density at radius 3 is 2.50 bits per heavy atom. The van der Waals surface area contributed by atoms with Gasteiger partial charge in [-0.25, -0.2) is 0 Å². The molecule has 0 aliphatic carbocycles. The summed E-state index contributed by atoms with van der Waals surface area (Å²) in [6.07, 6.45) is 3.42. The van der Waals surface area contributed by atoms with Gasteiger partial charge in [0.15, 0.2) is 0 Å². The van der Waals surface area contributed by atoms with E-state index in [1.54, 1.807) is 0 Å². The molecule has 1 heterocycles. The van der Waals surface area contributed by atoms with E-state index in [1.807, 2.05) is 0 Å². The lowest BCUT2D eigenvalue weighted by Crippen LogP contribution is -2.35. The molecule has 2 unspecified atom stereocenters. The van der Waals surface area contributed by atoms with Crippen LogP contribution in [-0.2, 0) is 0 Å². The molecule has 3 heteroatoms. The number of hydrogen-bond donors (Lipinski definition) is 2. The molecular formula is C11H25N3. The summed E-state index contributed by atoms with van der Waals surface area (Å²) < 4.78 is 0. The third-order valence-electron chi connectivity index (χ3n) is 3.35. The third kappa shape index (κ3) is 2.94. The summed E-state index contributed by atoms with van der Waals surface area (Å²) in [6.45, 7) is 9.58. The molecule has 3 nitrogen and oxygen atoms in total. The van der Waals surface area contributed by atoms with Crippen molar-refractivity contribution in [3.05, 3.63) is 0 Å². The fourth-order valence-electron chi connectivity index (χ4n) is 2.08. The number of nitrogens with two attached hydrogens (primary N) is 2. The lowest BCUT2D eigenvalue weighted by atomic mass is 10.0. The quantitative estimate of drug-likeness (QED) is 0.626. The molecule has 1 saturated heterocycles. The number of rotatable bonds is 6. The molecule has 84 valence electrons. The van der Waals surface area contributed by atoms with Crippen molar-refractivity contribution in [1.82, 2.24) is 4.90 Å². The molecule has 0 amide bonds. The van der Waals surface area contributed by atoms with Crippen LogP contribution in [-0.4, -0.2) is 35.6 Å². The van der Waals surface area contributed by atoms with Crippen LogP contribution in [0.4, 0.5) is 0 Å². The lowest BCUT2D eigenvalue weighted by molar-refractivity contribution is 0.336. The SMILES string of the molecule is CCC1(CCN)CN1CCC(C)(C)N. The molecule has 0 aromatic carbocycles. The van der Waals surface area contributed by atoms with Crippen molar-refractivity contribution in [1.29, 1.82) is 0 Å². The Morgan fingerprint density at radius 2 is 2.07 bits per heavy atom. The fraction of sp³-hybridized carbons (Fsp3) is 1.00. The molecule has 0 bridgehead atoms. The summed E-state index contributed by atoms with van der Waals surface area (Å²) in [4.78, 5) is 2.52. The molecular weight excluding hydrogens is 174 g/mol. The first-order valence-corrected chi connectivity index (χ1v) is 5.67. The van der Waals surface area contributed by atoms with Gasteiger partial charge in [0.25, 0.3) is 0 Å². The second-order valence-electron chi connectivity index (χ2n) is 5.28. The van der Waals surface area contributed by atoms with Crippen LogP contribution in [0.15, 0.2) is 0 Å². The van der Waals surface area contributed by atoms with E-state index in [2.05, 4.69) is 25.7 Å². The molecule has 0 saturated carbocycles. The molecule has 4 N–H and O–H groups in total. The summed E-state index contributed by atoms with van der Waals surface area (Å²) in [5.41, 5.74) is 12.0. The van der Waals surface area contributed by atoms with E-state index < -0.39 is 0 Å². The molecule has 1 aliphatic heterocycles. The Kier molecular flexibility index (Phi) is 3.56. The van der Waals surface area contributed by atoms with Crippen molar-refractivity contribution < 1.29 is 0 Å². The Bertz CT molecular complexity index is 185. The standard InChI is InChI=1S/C11H25N3/c1-4-11(5-7-12)9-14(11)8-6-10(2,3)13/h4-9,12-13H2,1-3H3. The first kappa shape index (κ1) is 12.0. The number of hydrogen-bond acceptors (Lipinski definition) is 3. The highest BCUT2D eigenvalue weighted by molar-refractivity contribution is 5.06. The molecule has 0 radical (unpaired) electrons. The van der Waals surface area contributed by atoms with E-state index in [0.29, 0.717) is 5.54 Å². The summed E-state index contributed by atoms with van der Waals surface area (Å²) in [7, 11) is 0. The predicted molar refractivity (Wildman–Crippen MR) is 61.1 cm³/mol. The van der Waals surface area contributed by atoms with E-state index >= 15 is 0 Å². The van der Waals surface area contributed by atoms with Gasteiger partial charge in [-0.2, -0.15) is 0 Å². The average molecular weight is 199 g/mol. The molecule has 1 fully saturated rings. The van der Waals surface area contributed by atoms with E-state index in [9.17, 15) is 0 Å². The van der Waals surface area contributed by atoms with E-state index in [0.717, 1.165) is 25.9 Å². The highest BCUT2D eigenvalue weighted by atomic mass is 15.4. The maximum Gasteiger partial charge on any atom is 0.0346 e. The first-order valence-electron chi connectivity index (χ1n) is 5.67. The van der Waals surface area contributed by atoms with Crippen molar-refractivity contribution in [2.75, 3.05) is 19.6 Å². The number of nitrogens with zero attached hydrogens (tertiary/aromatic N) is 1. The zero-order chi connectivity index (χ0) is 10.8. The van der Waals surface area contributed by atoms with Gasteiger partial charge < -0.3 is 11.5 Å². The molecule has 1 aliphatic rings. The van der Waals surface area contributed by atoms with Crippen LogP contribution in [0, 0.1) is 0 Å². The Morgan fingerprint density at radius 1 is 1.43 bits per heavy atom. The topological polar surface area (TPSA) is 55.0 Å². The predicted octanol–water partition coefficient (Wildman–Crippen LogP) is 0.927. The summed E-state index contributed by atoms with van der Waals surface area (Å²) in [5.74, 6) is 0. The minimum atomic E-state index is -0.0369. The minimum absolute atomic E-state index is 0.0369. The average Bonchev–Trinajstić information content (AvgIpc) is 2.76. The monoisotopic (exact) mass is 199 g/mol. The van der Waals surface area contributed by atoms with Crippen LogP contribution in [0.1, 0.15) is 40.0 Å². The lowest BCUT2D eigenvalue weighted by Gasteiger charge is -2.21. The highest BCUT2D eigenvalue weighted by Gasteiger charge is 2.48. The minimum Gasteiger partial charge on any atom is -0.330 e. The summed E-state index contributed by atoms with van der Waals surface area (Å²) in [6, 6.07) is 0. The van der Waals surface area contributed by atoms with Gasteiger partial charge in [-0.05, 0) is 39.7 Å². The second-order valence-corrected chi connectivity index (χ2v) is 5.28. The van der Waals surface area contributed by atoms with Crippen LogP contribution >= 0.6 is 0 Å². The summed E-state index contributed by atoms with van der Waals surface area (Å²) in [5, 5.41) is 0. The Labute approximate surface area is 87.8 Å². The van der Waals surface area contributed by atoms with Crippen molar-refractivity contribution in [2.24, 2.45) is 11.5 Å². The van der Waals surface area contributed by atoms with Crippen LogP contribution in [0.25, 0.3) is 0 Å². The van der Waals surface area contributed by atoms with Crippen LogP contribution in [0.5, 0.6) is 0 Å². The largest absolute Gasteiger partial charge is 0.330 e. The van der Waals surface area contributed by atoms with Gasteiger partial charge in [0, 0.05) is 24.2 Å². The highest BCUT2D eigenvalue weighted by Crippen LogP contribution is 2.38. The summed E-state index contributed by atoms with van der Waals surface area (Å²) >= 11 is 0. The fourth-order valence-corrected chi connectivity index (χ4v) is 2.08.